The molecule has 4 heteroatoms. The van der Waals surface area contributed by atoms with Crippen molar-refractivity contribution < 1.29 is 9.15 Å². The van der Waals surface area contributed by atoms with E-state index in [9.17, 15) is 0 Å². The molecule has 3 aromatic rings. The lowest BCUT2D eigenvalue weighted by molar-refractivity contribution is 0.307. The van der Waals surface area contributed by atoms with Gasteiger partial charge in [0.05, 0.1) is 13.0 Å². The highest BCUT2D eigenvalue weighted by Crippen LogP contribution is 2.19. The normalized spacial score (nSPS) is 10.9. The van der Waals surface area contributed by atoms with Crippen molar-refractivity contribution in [3.05, 3.63) is 66.1 Å². The molecule has 1 aromatic heterocycles. The van der Waals surface area contributed by atoms with Gasteiger partial charge in [0.15, 0.2) is 0 Å². The minimum absolute atomic E-state index is 0.511. The molecule has 0 saturated heterocycles. The maximum atomic E-state index is 5.73. The van der Waals surface area contributed by atoms with Gasteiger partial charge in [-0.2, -0.15) is 0 Å². The highest BCUT2D eigenvalue weighted by molar-refractivity contribution is 5.51. The summed E-state index contributed by atoms with van der Waals surface area (Å²) in [5.41, 5.74) is 2.23. The highest BCUT2D eigenvalue weighted by atomic mass is 16.5. The van der Waals surface area contributed by atoms with Gasteiger partial charge in [-0.05, 0) is 35.7 Å². The minimum Gasteiger partial charge on any atom is -0.493 e. The zero-order chi connectivity index (χ0) is 16.1. The van der Waals surface area contributed by atoms with Crippen molar-refractivity contribution in [3.63, 3.8) is 0 Å². The predicted molar refractivity (Wildman–Crippen MR) is 89.5 cm³/mol. The summed E-state index contributed by atoms with van der Waals surface area (Å²) in [6, 6.07) is 17.9. The average molecular weight is 308 g/mol. The van der Waals surface area contributed by atoms with E-state index in [0.717, 1.165) is 11.3 Å². The van der Waals surface area contributed by atoms with Crippen LogP contribution in [0, 0.1) is 0 Å². The van der Waals surface area contributed by atoms with Crippen LogP contribution in [0.2, 0.25) is 0 Å². The van der Waals surface area contributed by atoms with Crippen LogP contribution in [0.4, 0.5) is 0 Å². The molecule has 0 N–H and O–H groups in total. The molecule has 0 unspecified atom stereocenters. The van der Waals surface area contributed by atoms with Gasteiger partial charge in [-0.25, -0.2) is 0 Å². The van der Waals surface area contributed by atoms with Gasteiger partial charge >= 0.3 is 0 Å². The summed E-state index contributed by atoms with van der Waals surface area (Å²) in [5.74, 6) is 2.51. The number of benzene rings is 2. The van der Waals surface area contributed by atoms with Crippen molar-refractivity contribution in [3.8, 4) is 17.2 Å². The van der Waals surface area contributed by atoms with Gasteiger partial charge < -0.3 is 9.15 Å². The van der Waals surface area contributed by atoms with Crippen LogP contribution >= 0.6 is 0 Å². The number of aromatic nitrogens is 2. The molecule has 0 aliphatic carbocycles. The van der Waals surface area contributed by atoms with Gasteiger partial charge in [0.2, 0.25) is 11.8 Å². The van der Waals surface area contributed by atoms with E-state index >= 15 is 0 Å². The molecular formula is C19H20N2O2. The zero-order valence-electron chi connectivity index (χ0n) is 13.4. The molecule has 0 fully saturated rings. The van der Waals surface area contributed by atoms with Crippen molar-refractivity contribution in [2.45, 2.75) is 26.2 Å². The lowest BCUT2D eigenvalue weighted by atomic mass is 10.0. The summed E-state index contributed by atoms with van der Waals surface area (Å²) in [7, 11) is 0. The second kappa shape index (κ2) is 7.09. The van der Waals surface area contributed by atoms with E-state index in [-0.39, 0.29) is 0 Å². The quantitative estimate of drug-likeness (QED) is 0.673. The minimum atomic E-state index is 0.511. The van der Waals surface area contributed by atoms with Crippen LogP contribution in [0.15, 0.2) is 59.0 Å². The first-order valence-corrected chi connectivity index (χ1v) is 7.83. The Kier molecular flexibility index (Phi) is 4.71. The molecule has 0 aliphatic heterocycles. The number of nitrogens with zero attached hydrogens (tertiary/aromatic N) is 2. The molecule has 0 saturated carbocycles. The van der Waals surface area contributed by atoms with E-state index in [0.29, 0.717) is 30.7 Å². The van der Waals surface area contributed by atoms with Crippen LogP contribution in [0.25, 0.3) is 11.5 Å². The van der Waals surface area contributed by atoms with Crippen molar-refractivity contribution >= 4 is 0 Å². The molecule has 0 radical (unpaired) electrons. The molecule has 4 nitrogen and oxygen atoms in total. The van der Waals surface area contributed by atoms with Crippen molar-refractivity contribution in [1.29, 1.82) is 0 Å². The van der Waals surface area contributed by atoms with Gasteiger partial charge in [0.1, 0.15) is 5.75 Å². The van der Waals surface area contributed by atoms with Gasteiger partial charge in [0.25, 0.3) is 0 Å². The van der Waals surface area contributed by atoms with Crippen molar-refractivity contribution in [2.75, 3.05) is 6.61 Å². The summed E-state index contributed by atoms with van der Waals surface area (Å²) >= 11 is 0. The van der Waals surface area contributed by atoms with Crippen LogP contribution in [0.1, 0.15) is 31.2 Å². The Labute approximate surface area is 136 Å². The van der Waals surface area contributed by atoms with Crippen LogP contribution < -0.4 is 4.74 Å². The summed E-state index contributed by atoms with van der Waals surface area (Å²) < 4.78 is 11.4. The van der Waals surface area contributed by atoms with Gasteiger partial charge in [-0.3, -0.25) is 0 Å². The molecule has 0 spiro atoms. The first-order valence-electron chi connectivity index (χ1n) is 7.83. The van der Waals surface area contributed by atoms with Crippen LogP contribution in [-0.4, -0.2) is 16.8 Å². The fourth-order valence-electron chi connectivity index (χ4n) is 2.26. The first kappa shape index (κ1) is 15.3. The Morgan fingerprint density at radius 2 is 1.70 bits per heavy atom. The molecule has 0 atom stereocenters. The summed E-state index contributed by atoms with van der Waals surface area (Å²) in [5, 5.41) is 8.14. The molecule has 3 rings (SSSR count). The third-order valence-electron chi connectivity index (χ3n) is 3.62. The second-order valence-electron chi connectivity index (χ2n) is 5.69. The molecule has 0 amide bonds. The summed E-state index contributed by atoms with van der Waals surface area (Å²) in [6.45, 7) is 4.86. The van der Waals surface area contributed by atoms with E-state index in [4.69, 9.17) is 9.15 Å². The molecular weight excluding hydrogens is 288 g/mol. The number of ether oxygens (including phenoxy) is 1. The van der Waals surface area contributed by atoms with Crippen LogP contribution in [0.5, 0.6) is 5.75 Å². The first-order chi connectivity index (χ1) is 11.2. The lowest BCUT2D eigenvalue weighted by Gasteiger charge is -2.08. The maximum Gasteiger partial charge on any atom is 0.247 e. The number of rotatable bonds is 6. The van der Waals surface area contributed by atoms with E-state index in [2.05, 4.69) is 36.2 Å². The largest absolute Gasteiger partial charge is 0.493 e. The van der Waals surface area contributed by atoms with E-state index < -0.39 is 0 Å². The number of hydrogen-bond acceptors (Lipinski definition) is 4. The average Bonchev–Trinajstić information content (AvgIpc) is 3.05. The molecule has 1 heterocycles. The number of hydrogen-bond donors (Lipinski definition) is 0. The SMILES string of the molecule is CC(C)c1ccc(OCCc2nnc(-c3ccccc3)o2)cc1. The van der Waals surface area contributed by atoms with E-state index in [1.807, 2.05) is 42.5 Å². The monoisotopic (exact) mass is 308 g/mol. The Morgan fingerprint density at radius 3 is 2.39 bits per heavy atom. The second-order valence-corrected chi connectivity index (χ2v) is 5.69. The van der Waals surface area contributed by atoms with Crippen LogP contribution in [0.3, 0.4) is 0 Å². The topological polar surface area (TPSA) is 48.2 Å². The standard InChI is InChI=1S/C19H20N2O2/c1-14(2)15-8-10-17(11-9-15)22-13-12-18-20-21-19(23-18)16-6-4-3-5-7-16/h3-11,14H,12-13H2,1-2H3. The molecule has 23 heavy (non-hydrogen) atoms. The van der Waals surface area contributed by atoms with Crippen molar-refractivity contribution in [2.24, 2.45) is 0 Å². The Balaban J connectivity index is 1.54. The zero-order valence-corrected chi connectivity index (χ0v) is 13.4. The lowest BCUT2D eigenvalue weighted by Crippen LogP contribution is -2.01. The molecule has 0 aliphatic rings. The maximum absolute atomic E-state index is 5.73. The van der Waals surface area contributed by atoms with Gasteiger partial charge in [-0.15, -0.1) is 10.2 Å². The van der Waals surface area contributed by atoms with Crippen molar-refractivity contribution in [1.82, 2.24) is 10.2 Å². The third kappa shape index (κ3) is 3.97. The molecule has 2 aromatic carbocycles. The Bertz CT molecular complexity index is 734. The summed E-state index contributed by atoms with van der Waals surface area (Å²) in [4.78, 5) is 0. The Morgan fingerprint density at radius 1 is 0.957 bits per heavy atom. The smallest absolute Gasteiger partial charge is 0.247 e. The van der Waals surface area contributed by atoms with Crippen LogP contribution in [-0.2, 0) is 6.42 Å². The van der Waals surface area contributed by atoms with E-state index in [1.165, 1.54) is 5.56 Å². The molecule has 0 bridgehead atoms. The third-order valence-corrected chi connectivity index (χ3v) is 3.62. The molecule has 118 valence electrons. The van der Waals surface area contributed by atoms with Gasteiger partial charge in [-0.1, -0.05) is 44.2 Å². The highest BCUT2D eigenvalue weighted by Gasteiger charge is 2.08. The van der Waals surface area contributed by atoms with E-state index in [1.54, 1.807) is 0 Å². The fraction of sp³-hybridized carbons (Fsp3) is 0.263. The van der Waals surface area contributed by atoms with Gasteiger partial charge in [0, 0.05) is 5.56 Å². The fourth-order valence-corrected chi connectivity index (χ4v) is 2.26. The summed E-state index contributed by atoms with van der Waals surface area (Å²) in [6.07, 6.45) is 0.589. The Hall–Kier alpha value is -2.62. The predicted octanol–water partition coefficient (Wildman–Crippen LogP) is 4.48.